The lowest BCUT2D eigenvalue weighted by atomic mass is 10.0. The summed E-state index contributed by atoms with van der Waals surface area (Å²) in [6.07, 6.45) is 0.396. The van der Waals surface area contributed by atoms with Crippen LogP contribution in [0.3, 0.4) is 0 Å². The number of anilines is 2. The summed E-state index contributed by atoms with van der Waals surface area (Å²) < 4.78 is 87.1. The van der Waals surface area contributed by atoms with Crippen molar-refractivity contribution in [1.82, 2.24) is 24.6 Å². The zero-order chi connectivity index (χ0) is 30.8. The zero-order valence-electron chi connectivity index (χ0n) is 23.2. The number of alkyl halides is 3. The topological polar surface area (TPSA) is 121 Å². The molecule has 1 atom stereocenters. The van der Waals surface area contributed by atoms with E-state index in [-0.39, 0.29) is 27.4 Å². The molecule has 10 nitrogen and oxygen atoms in total. The summed E-state index contributed by atoms with van der Waals surface area (Å²) in [5.41, 5.74) is 1.19. The molecule has 2 aromatic heterocycles. The number of nitrogens with one attached hydrogen (secondary N) is 3. The van der Waals surface area contributed by atoms with Crippen molar-refractivity contribution in [1.29, 1.82) is 0 Å². The molecule has 0 aliphatic carbocycles. The first-order valence-electron chi connectivity index (χ1n) is 13.4. The molecule has 0 amide bonds. The molecule has 0 saturated carbocycles. The van der Waals surface area contributed by atoms with Crippen LogP contribution in [0, 0.1) is 12.7 Å². The van der Waals surface area contributed by atoms with Gasteiger partial charge in [-0.1, -0.05) is 12.1 Å². The minimum atomic E-state index is -4.78. The molecule has 15 heteroatoms. The summed E-state index contributed by atoms with van der Waals surface area (Å²) >= 11 is 0. The van der Waals surface area contributed by atoms with E-state index < -0.39 is 34.4 Å². The van der Waals surface area contributed by atoms with Crippen LogP contribution in [0.2, 0.25) is 0 Å². The first kappa shape index (κ1) is 30.4. The molecule has 5 rings (SSSR count). The number of benzene rings is 2. The lowest BCUT2D eigenvalue weighted by Crippen LogP contribution is -2.39. The highest BCUT2D eigenvalue weighted by atomic mass is 32.2. The first-order valence-corrected chi connectivity index (χ1v) is 14.8. The highest BCUT2D eigenvalue weighted by Gasteiger charge is 2.34. The maximum Gasteiger partial charge on any atom is 0.402 e. The van der Waals surface area contributed by atoms with Crippen LogP contribution >= 0.6 is 0 Å². The Labute approximate surface area is 245 Å². The van der Waals surface area contributed by atoms with E-state index in [4.69, 9.17) is 4.74 Å². The van der Waals surface area contributed by atoms with E-state index in [9.17, 15) is 26.0 Å². The number of aryl methyl sites for hydroxylation is 1. The molecule has 1 aliphatic heterocycles. The number of halogens is 4. The average molecular weight is 620 g/mol. The number of piperidine rings is 1. The molecule has 1 saturated heterocycles. The highest BCUT2D eigenvalue weighted by Crippen LogP contribution is 2.40. The van der Waals surface area contributed by atoms with Gasteiger partial charge in [-0.25, -0.2) is 19.3 Å². The minimum absolute atomic E-state index is 0.0622. The molecule has 228 valence electrons. The van der Waals surface area contributed by atoms with Gasteiger partial charge in [0.2, 0.25) is 11.8 Å². The van der Waals surface area contributed by atoms with Crippen LogP contribution in [0.5, 0.6) is 11.6 Å². The third kappa shape index (κ3) is 7.12. The van der Waals surface area contributed by atoms with Crippen LogP contribution in [0.15, 0.2) is 54.9 Å². The van der Waals surface area contributed by atoms with Crippen LogP contribution in [0.4, 0.5) is 29.2 Å². The van der Waals surface area contributed by atoms with E-state index >= 15 is 0 Å². The predicted molar refractivity (Wildman–Crippen MR) is 155 cm³/mol. The van der Waals surface area contributed by atoms with Gasteiger partial charge in [-0.15, -0.1) is 0 Å². The van der Waals surface area contributed by atoms with Crippen LogP contribution < -0.4 is 20.1 Å². The molecule has 3 N–H and O–H groups in total. The lowest BCUT2D eigenvalue weighted by molar-refractivity contribution is -0.134. The fraction of sp³-hybridized carbons (Fsp3) is 0.321. The molecule has 4 aromatic rings. The summed E-state index contributed by atoms with van der Waals surface area (Å²) in [7, 11) is -4.00. The van der Waals surface area contributed by atoms with Gasteiger partial charge in [-0.3, -0.25) is 4.72 Å². The molecule has 3 heterocycles. The summed E-state index contributed by atoms with van der Waals surface area (Å²) in [6, 6.07) is 10.9. The fourth-order valence-electron chi connectivity index (χ4n) is 4.74. The fourth-order valence-corrected chi connectivity index (χ4v) is 5.68. The molecule has 1 aliphatic rings. The van der Waals surface area contributed by atoms with Gasteiger partial charge in [0.1, 0.15) is 18.1 Å². The second-order valence-corrected chi connectivity index (χ2v) is 11.9. The summed E-state index contributed by atoms with van der Waals surface area (Å²) in [5.74, 6) is -0.0927. The largest absolute Gasteiger partial charge is 0.437 e. The Morgan fingerprint density at radius 2 is 1.88 bits per heavy atom. The lowest BCUT2D eigenvalue weighted by Gasteiger charge is -2.23. The summed E-state index contributed by atoms with van der Waals surface area (Å²) in [4.78, 5) is 13.4. The van der Waals surface area contributed by atoms with Crippen LogP contribution in [0.25, 0.3) is 22.0 Å². The van der Waals surface area contributed by atoms with Gasteiger partial charge in [0.15, 0.2) is 0 Å². The van der Waals surface area contributed by atoms with Crippen molar-refractivity contribution in [3.05, 3.63) is 66.2 Å². The molecule has 43 heavy (non-hydrogen) atoms. The van der Waals surface area contributed by atoms with Crippen molar-refractivity contribution in [2.45, 2.75) is 32.0 Å². The smallest absolute Gasteiger partial charge is 0.402 e. The Morgan fingerprint density at radius 1 is 1.09 bits per heavy atom. The molecular formula is C28H29F4N7O3S. The van der Waals surface area contributed by atoms with Gasteiger partial charge in [0, 0.05) is 42.8 Å². The number of rotatable bonds is 9. The Bertz CT molecular complexity index is 1730. The number of hydrogen-bond donors (Lipinski definition) is 3. The standard InChI is InChI=1S/C28H29F4N7O3S/c1-17-7-8-19-20(9-10-22(29)24(19)38-43(40,41)39(2)16-28(30,31)32)25(17)42-26-21(6-4-13-34-26)23-11-14-35-27(37-23)36-18-5-3-12-33-15-18/h4,6-11,13-14,18,33,38H,3,5,12,15-16H2,1-2H3,(H,35,36,37)/t18-/m1/s1. The number of hydrogen-bond acceptors (Lipinski definition) is 8. The normalized spacial score (nSPS) is 15.9. The molecule has 2 aromatic carbocycles. The third-order valence-electron chi connectivity index (χ3n) is 6.87. The van der Waals surface area contributed by atoms with Crippen LogP contribution in [-0.2, 0) is 10.2 Å². The second-order valence-electron chi connectivity index (χ2n) is 10.1. The van der Waals surface area contributed by atoms with Crippen molar-refractivity contribution in [3.8, 4) is 22.9 Å². The Hall–Kier alpha value is -4.08. The van der Waals surface area contributed by atoms with Gasteiger partial charge in [-0.2, -0.15) is 25.9 Å². The molecule has 1 fully saturated rings. The maximum atomic E-state index is 15.0. The van der Waals surface area contributed by atoms with Gasteiger partial charge >= 0.3 is 16.4 Å². The van der Waals surface area contributed by atoms with E-state index in [2.05, 4.69) is 25.6 Å². The van der Waals surface area contributed by atoms with E-state index in [1.165, 1.54) is 18.3 Å². The van der Waals surface area contributed by atoms with E-state index in [1.54, 1.807) is 37.4 Å². The summed E-state index contributed by atoms with van der Waals surface area (Å²) in [5, 5.41) is 7.06. The molecule has 0 radical (unpaired) electrons. The van der Waals surface area contributed by atoms with E-state index in [0.29, 0.717) is 28.2 Å². The van der Waals surface area contributed by atoms with Crippen molar-refractivity contribution >= 4 is 32.6 Å². The van der Waals surface area contributed by atoms with Crippen molar-refractivity contribution < 1.29 is 30.7 Å². The molecular weight excluding hydrogens is 590 g/mol. The average Bonchev–Trinajstić information content (AvgIpc) is 2.96. The third-order valence-corrected chi connectivity index (χ3v) is 8.28. The maximum absolute atomic E-state index is 15.0. The highest BCUT2D eigenvalue weighted by molar-refractivity contribution is 7.90. The number of aromatic nitrogens is 3. The van der Waals surface area contributed by atoms with Crippen molar-refractivity contribution in [3.63, 3.8) is 0 Å². The Balaban J connectivity index is 1.49. The molecule has 0 bridgehead atoms. The number of ether oxygens (including phenoxy) is 1. The van der Waals surface area contributed by atoms with Crippen molar-refractivity contribution in [2.75, 3.05) is 36.7 Å². The first-order chi connectivity index (χ1) is 20.4. The zero-order valence-corrected chi connectivity index (χ0v) is 24.1. The number of fused-ring (bicyclic) bond motifs is 1. The van der Waals surface area contributed by atoms with Gasteiger partial charge in [0.05, 0.1) is 16.9 Å². The summed E-state index contributed by atoms with van der Waals surface area (Å²) in [6.45, 7) is 1.76. The van der Waals surface area contributed by atoms with Crippen molar-refractivity contribution in [2.24, 2.45) is 0 Å². The molecule has 0 unspecified atom stereocenters. The monoisotopic (exact) mass is 619 g/mol. The van der Waals surface area contributed by atoms with Gasteiger partial charge in [0.25, 0.3) is 0 Å². The van der Waals surface area contributed by atoms with E-state index in [0.717, 1.165) is 39.0 Å². The van der Waals surface area contributed by atoms with Crippen LogP contribution in [-0.4, -0.2) is 66.6 Å². The second kappa shape index (κ2) is 12.3. The number of nitrogens with zero attached hydrogens (tertiary/aromatic N) is 4. The van der Waals surface area contributed by atoms with Gasteiger partial charge in [-0.05, 0) is 62.2 Å². The Kier molecular flexibility index (Phi) is 8.66. The minimum Gasteiger partial charge on any atom is -0.437 e. The van der Waals surface area contributed by atoms with Gasteiger partial charge < -0.3 is 15.4 Å². The number of pyridine rings is 1. The molecule has 0 spiro atoms. The SMILES string of the molecule is Cc1ccc2c(NS(=O)(=O)N(C)CC(F)(F)F)c(F)ccc2c1Oc1ncccc1-c1ccnc(N[C@@H]2CCCNC2)n1. The quantitative estimate of drug-likeness (QED) is 0.218. The van der Waals surface area contributed by atoms with Crippen LogP contribution in [0.1, 0.15) is 18.4 Å². The predicted octanol–water partition coefficient (Wildman–Crippen LogP) is 5.25. The Morgan fingerprint density at radius 3 is 2.63 bits per heavy atom. The van der Waals surface area contributed by atoms with E-state index in [1.807, 2.05) is 4.72 Å².